The Hall–Kier alpha value is -2.11. The van der Waals surface area contributed by atoms with E-state index in [2.05, 4.69) is 0 Å². The second-order valence-corrected chi connectivity index (χ2v) is 4.99. The van der Waals surface area contributed by atoms with Gasteiger partial charge < -0.3 is 9.84 Å². The Kier molecular flexibility index (Phi) is 4.77. The van der Waals surface area contributed by atoms with E-state index in [0.717, 1.165) is 5.56 Å². The van der Waals surface area contributed by atoms with Gasteiger partial charge in [-0.05, 0) is 42.3 Å². The summed E-state index contributed by atoms with van der Waals surface area (Å²) in [4.78, 5) is 10.1. The Morgan fingerprint density at radius 2 is 1.95 bits per heavy atom. The van der Waals surface area contributed by atoms with Crippen LogP contribution < -0.4 is 4.74 Å². The minimum atomic E-state index is -0.591. The van der Waals surface area contributed by atoms with Crippen LogP contribution in [0.5, 0.6) is 5.75 Å². The van der Waals surface area contributed by atoms with E-state index in [1.54, 1.807) is 37.3 Å². The number of nitro groups is 1. The van der Waals surface area contributed by atoms with E-state index in [0.29, 0.717) is 16.3 Å². The van der Waals surface area contributed by atoms with Crippen molar-refractivity contribution in [2.24, 2.45) is 0 Å². The van der Waals surface area contributed by atoms with E-state index >= 15 is 0 Å². The van der Waals surface area contributed by atoms with Crippen LogP contribution in [0.3, 0.4) is 0 Å². The number of non-ortho nitro benzene ring substituents is 1. The van der Waals surface area contributed by atoms with Crippen LogP contribution in [-0.4, -0.2) is 10.0 Å². The summed E-state index contributed by atoms with van der Waals surface area (Å²) in [5.74, 6) is 0.499. The van der Waals surface area contributed by atoms with Gasteiger partial charge in [-0.2, -0.15) is 0 Å². The maximum absolute atomic E-state index is 10.6. The lowest BCUT2D eigenvalue weighted by Crippen LogP contribution is -1.98. The van der Waals surface area contributed by atoms with Crippen LogP contribution in [-0.2, 0) is 6.61 Å². The zero-order valence-electron chi connectivity index (χ0n) is 11.3. The summed E-state index contributed by atoms with van der Waals surface area (Å²) in [6.07, 6.45) is -0.591. The average molecular weight is 308 g/mol. The summed E-state index contributed by atoms with van der Waals surface area (Å²) in [5.41, 5.74) is 1.55. The SMILES string of the molecule is C[C@H](O)c1ccc(OCc2ccc([N+](=O)[O-])cc2)c(Cl)c1. The second kappa shape index (κ2) is 6.56. The van der Waals surface area contributed by atoms with Crippen molar-refractivity contribution >= 4 is 17.3 Å². The first kappa shape index (κ1) is 15.3. The molecule has 0 amide bonds. The zero-order valence-corrected chi connectivity index (χ0v) is 12.1. The van der Waals surface area contributed by atoms with Gasteiger partial charge in [-0.15, -0.1) is 0 Å². The maximum atomic E-state index is 10.6. The number of hydrogen-bond acceptors (Lipinski definition) is 4. The van der Waals surface area contributed by atoms with Crippen molar-refractivity contribution in [3.05, 3.63) is 68.7 Å². The summed E-state index contributed by atoms with van der Waals surface area (Å²) in [7, 11) is 0. The number of nitro benzene ring substituents is 1. The minimum absolute atomic E-state index is 0.0399. The largest absolute Gasteiger partial charge is 0.487 e. The molecular weight excluding hydrogens is 294 g/mol. The Morgan fingerprint density at radius 3 is 2.48 bits per heavy atom. The fraction of sp³-hybridized carbons (Fsp3) is 0.200. The molecule has 1 N–H and O–H groups in total. The summed E-state index contributed by atoms with van der Waals surface area (Å²) in [5, 5.41) is 20.4. The molecule has 0 aliphatic carbocycles. The van der Waals surface area contributed by atoms with Gasteiger partial charge >= 0.3 is 0 Å². The van der Waals surface area contributed by atoms with Crippen LogP contribution in [0.25, 0.3) is 0 Å². The molecule has 0 bridgehead atoms. The molecule has 0 radical (unpaired) electrons. The molecule has 0 aliphatic rings. The molecule has 5 nitrogen and oxygen atoms in total. The number of halogens is 1. The highest BCUT2D eigenvalue weighted by molar-refractivity contribution is 6.32. The van der Waals surface area contributed by atoms with Crippen molar-refractivity contribution in [2.45, 2.75) is 19.6 Å². The third kappa shape index (κ3) is 3.93. The van der Waals surface area contributed by atoms with E-state index in [-0.39, 0.29) is 12.3 Å². The highest BCUT2D eigenvalue weighted by Crippen LogP contribution is 2.28. The molecule has 2 aromatic rings. The Bertz CT molecular complexity index is 641. The topological polar surface area (TPSA) is 72.6 Å². The van der Waals surface area contributed by atoms with E-state index < -0.39 is 11.0 Å². The van der Waals surface area contributed by atoms with Crippen molar-refractivity contribution < 1.29 is 14.8 Å². The van der Waals surface area contributed by atoms with E-state index in [9.17, 15) is 15.2 Å². The van der Waals surface area contributed by atoms with Gasteiger partial charge in [0.2, 0.25) is 0 Å². The molecule has 110 valence electrons. The van der Waals surface area contributed by atoms with Gasteiger partial charge in [-0.25, -0.2) is 0 Å². The van der Waals surface area contributed by atoms with Crippen LogP contribution in [0.2, 0.25) is 5.02 Å². The van der Waals surface area contributed by atoms with Crippen molar-refractivity contribution in [2.75, 3.05) is 0 Å². The predicted molar refractivity (Wildman–Crippen MR) is 79.5 cm³/mol. The average Bonchev–Trinajstić information content (AvgIpc) is 2.46. The third-order valence-electron chi connectivity index (χ3n) is 2.98. The fourth-order valence-corrected chi connectivity index (χ4v) is 2.01. The van der Waals surface area contributed by atoms with E-state index in [4.69, 9.17) is 16.3 Å². The summed E-state index contributed by atoms with van der Waals surface area (Å²) >= 11 is 6.08. The highest BCUT2D eigenvalue weighted by Gasteiger charge is 2.08. The minimum Gasteiger partial charge on any atom is -0.487 e. The molecule has 0 fully saturated rings. The van der Waals surface area contributed by atoms with Crippen LogP contribution in [0.4, 0.5) is 5.69 Å². The van der Waals surface area contributed by atoms with Crippen LogP contribution >= 0.6 is 11.6 Å². The van der Waals surface area contributed by atoms with E-state index in [1.807, 2.05) is 0 Å². The number of ether oxygens (including phenoxy) is 1. The first-order valence-electron chi connectivity index (χ1n) is 6.31. The van der Waals surface area contributed by atoms with Gasteiger partial charge in [-0.3, -0.25) is 10.1 Å². The molecule has 0 aliphatic heterocycles. The van der Waals surface area contributed by atoms with Gasteiger partial charge in [0.05, 0.1) is 16.0 Å². The van der Waals surface area contributed by atoms with E-state index in [1.165, 1.54) is 12.1 Å². The molecule has 0 aromatic heterocycles. The molecule has 6 heteroatoms. The van der Waals surface area contributed by atoms with Gasteiger partial charge in [0.1, 0.15) is 12.4 Å². The Morgan fingerprint density at radius 1 is 1.29 bits per heavy atom. The molecule has 1 atom stereocenters. The van der Waals surface area contributed by atoms with Gasteiger partial charge in [0.25, 0.3) is 5.69 Å². The highest BCUT2D eigenvalue weighted by atomic mass is 35.5. The number of rotatable bonds is 5. The van der Waals surface area contributed by atoms with Crippen molar-refractivity contribution in [1.82, 2.24) is 0 Å². The number of aliphatic hydroxyl groups is 1. The van der Waals surface area contributed by atoms with Crippen LogP contribution in [0.15, 0.2) is 42.5 Å². The van der Waals surface area contributed by atoms with Gasteiger partial charge in [0, 0.05) is 12.1 Å². The fourth-order valence-electron chi connectivity index (χ4n) is 1.77. The van der Waals surface area contributed by atoms with Crippen molar-refractivity contribution in [1.29, 1.82) is 0 Å². The monoisotopic (exact) mass is 307 g/mol. The molecule has 0 saturated heterocycles. The van der Waals surface area contributed by atoms with Crippen molar-refractivity contribution in [3.63, 3.8) is 0 Å². The van der Waals surface area contributed by atoms with Crippen LogP contribution in [0, 0.1) is 10.1 Å². The molecule has 21 heavy (non-hydrogen) atoms. The smallest absolute Gasteiger partial charge is 0.269 e. The zero-order chi connectivity index (χ0) is 15.4. The third-order valence-corrected chi connectivity index (χ3v) is 3.28. The molecule has 0 heterocycles. The maximum Gasteiger partial charge on any atom is 0.269 e. The Labute approximate surface area is 126 Å². The Balaban J connectivity index is 2.04. The van der Waals surface area contributed by atoms with Crippen LogP contribution in [0.1, 0.15) is 24.2 Å². The van der Waals surface area contributed by atoms with Gasteiger partial charge in [0.15, 0.2) is 0 Å². The number of aliphatic hydroxyl groups excluding tert-OH is 1. The number of hydrogen-bond donors (Lipinski definition) is 1. The van der Waals surface area contributed by atoms with Gasteiger partial charge in [-0.1, -0.05) is 17.7 Å². The first-order valence-corrected chi connectivity index (χ1v) is 6.69. The second-order valence-electron chi connectivity index (χ2n) is 4.58. The summed E-state index contributed by atoms with van der Waals surface area (Å²) in [6, 6.07) is 11.2. The molecule has 0 spiro atoms. The molecule has 2 rings (SSSR count). The molecular formula is C15H14ClNO4. The molecule has 0 unspecified atom stereocenters. The lowest BCUT2D eigenvalue weighted by Gasteiger charge is -2.11. The lowest BCUT2D eigenvalue weighted by molar-refractivity contribution is -0.384. The normalized spacial score (nSPS) is 12.0. The molecule has 0 saturated carbocycles. The summed E-state index contributed by atoms with van der Waals surface area (Å²) in [6.45, 7) is 1.91. The number of benzene rings is 2. The predicted octanol–water partition coefficient (Wildman–Crippen LogP) is 3.88. The summed E-state index contributed by atoms with van der Waals surface area (Å²) < 4.78 is 5.57. The molecule has 2 aromatic carbocycles. The lowest BCUT2D eigenvalue weighted by atomic mass is 10.1. The standard InChI is InChI=1S/C15H14ClNO4/c1-10(18)12-4-7-15(14(16)8-12)21-9-11-2-5-13(6-3-11)17(19)20/h2-8,10,18H,9H2,1H3/t10-/m0/s1. The first-order chi connectivity index (χ1) is 9.97. The number of nitrogens with zero attached hydrogens (tertiary/aromatic N) is 1. The quantitative estimate of drug-likeness (QED) is 0.672. The van der Waals surface area contributed by atoms with Crippen molar-refractivity contribution in [3.8, 4) is 5.75 Å².